The van der Waals surface area contributed by atoms with E-state index in [0.717, 1.165) is 30.4 Å². The first-order valence-corrected chi connectivity index (χ1v) is 10.4. The number of methoxy groups -OCH3 is 2. The standard InChI is InChI=1S/C26H30O4/c1-5-10-20-13-14-22(23(17-20)27-3)30-25-16-19(6-2)15-24(28-4)26(25)29-18-21-11-8-7-9-12-21/h7-9,11-17H,5-6,10,18H2,1-4H3. The van der Waals surface area contributed by atoms with E-state index in [1.807, 2.05) is 54.6 Å². The van der Waals surface area contributed by atoms with Gasteiger partial charge in [0, 0.05) is 0 Å². The normalized spacial score (nSPS) is 10.5. The molecule has 0 N–H and O–H groups in total. The third-order valence-corrected chi connectivity index (χ3v) is 4.92. The first-order valence-electron chi connectivity index (χ1n) is 10.4. The zero-order valence-electron chi connectivity index (χ0n) is 18.2. The summed E-state index contributed by atoms with van der Waals surface area (Å²) in [5.41, 5.74) is 3.41. The van der Waals surface area contributed by atoms with Crippen molar-refractivity contribution in [3.8, 4) is 28.7 Å². The van der Waals surface area contributed by atoms with Gasteiger partial charge in [0.15, 0.2) is 23.0 Å². The molecule has 0 saturated heterocycles. The summed E-state index contributed by atoms with van der Waals surface area (Å²) in [6.07, 6.45) is 2.94. The third-order valence-electron chi connectivity index (χ3n) is 4.92. The number of hydrogen-bond donors (Lipinski definition) is 0. The van der Waals surface area contributed by atoms with Gasteiger partial charge < -0.3 is 18.9 Å². The van der Waals surface area contributed by atoms with Gasteiger partial charge in [-0.25, -0.2) is 0 Å². The molecule has 3 aromatic carbocycles. The zero-order chi connectivity index (χ0) is 21.3. The van der Waals surface area contributed by atoms with Crippen LogP contribution >= 0.6 is 0 Å². The summed E-state index contributed by atoms with van der Waals surface area (Å²) < 4.78 is 23.7. The maximum Gasteiger partial charge on any atom is 0.204 e. The predicted octanol–water partition coefficient (Wildman–Crippen LogP) is 6.59. The fourth-order valence-corrected chi connectivity index (χ4v) is 3.29. The number of benzene rings is 3. The molecule has 0 aromatic heterocycles. The van der Waals surface area contributed by atoms with E-state index in [0.29, 0.717) is 35.4 Å². The fourth-order valence-electron chi connectivity index (χ4n) is 3.29. The predicted molar refractivity (Wildman–Crippen MR) is 120 cm³/mol. The Morgan fingerprint density at radius 3 is 2.03 bits per heavy atom. The van der Waals surface area contributed by atoms with Gasteiger partial charge in [0.2, 0.25) is 5.75 Å². The van der Waals surface area contributed by atoms with Crippen molar-refractivity contribution in [3.63, 3.8) is 0 Å². The van der Waals surface area contributed by atoms with Crippen molar-refractivity contribution in [2.45, 2.75) is 39.7 Å². The Hall–Kier alpha value is -3.14. The molecule has 0 amide bonds. The minimum atomic E-state index is 0.422. The largest absolute Gasteiger partial charge is 0.493 e. The first kappa shape index (κ1) is 21.6. The Bertz CT molecular complexity index is 951. The van der Waals surface area contributed by atoms with E-state index in [1.54, 1.807) is 14.2 Å². The van der Waals surface area contributed by atoms with Crippen molar-refractivity contribution >= 4 is 0 Å². The average Bonchev–Trinajstić information content (AvgIpc) is 2.79. The van der Waals surface area contributed by atoms with Crippen molar-refractivity contribution in [1.29, 1.82) is 0 Å². The van der Waals surface area contributed by atoms with Crippen molar-refractivity contribution in [3.05, 3.63) is 77.4 Å². The lowest BCUT2D eigenvalue weighted by Crippen LogP contribution is -2.01. The van der Waals surface area contributed by atoms with Crippen molar-refractivity contribution < 1.29 is 18.9 Å². The highest BCUT2D eigenvalue weighted by Crippen LogP contribution is 2.43. The second-order valence-corrected chi connectivity index (χ2v) is 7.09. The molecule has 158 valence electrons. The molecule has 0 atom stereocenters. The summed E-state index contributed by atoms with van der Waals surface area (Å²) in [7, 11) is 3.31. The van der Waals surface area contributed by atoms with E-state index in [1.165, 1.54) is 5.56 Å². The molecule has 4 heteroatoms. The summed E-state index contributed by atoms with van der Waals surface area (Å²) in [6.45, 7) is 4.69. The van der Waals surface area contributed by atoms with Crippen molar-refractivity contribution in [2.24, 2.45) is 0 Å². The van der Waals surface area contributed by atoms with Crippen LogP contribution in [-0.2, 0) is 19.4 Å². The lowest BCUT2D eigenvalue weighted by atomic mass is 10.1. The highest BCUT2D eigenvalue weighted by atomic mass is 16.5. The molecule has 4 nitrogen and oxygen atoms in total. The maximum absolute atomic E-state index is 6.31. The Morgan fingerprint density at radius 1 is 0.667 bits per heavy atom. The number of rotatable bonds is 10. The van der Waals surface area contributed by atoms with E-state index in [-0.39, 0.29) is 0 Å². The van der Waals surface area contributed by atoms with E-state index in [4.69, 9.17) is 18.9 Å². The number of hydrogen-bond acceptors (Lipinski definition) is 4. The Balaban J connectivity index is 1.96. The molecule has 0 heterocycles. The van der Waals surface area contributed by atoms with Crippen LogP contribution in [0.1, 0.15) is 37.0 Å². The van der Waals surface area contributed by atoms with Crippen LogP contribution in [0, 0.1) is 0 Å². The molecular formula is C26H30O4. The molecule has 0 aliphatic heterocycles. The molecule has 30 heavy (non-hydrogen) atoms. The van der Waals surface area contributed by atoms with Gasteiger partial charge >= 0.3 is 0 Å². The highest BCUT2D eigenvalue weighted by Gasteiger charge is 2.17. The molecule has 0 unspecified atom stereocenters. The summed E-state index contributed by atoms with van der Waals surface area (Å²) in [6, 6.07) is 20.1. The number of aryl methyl sites for hydroxylation is 2. The summed E-state index contributed by atoms with van der Waals surface area (Å²) in [5.74, 6) is 3.21. The van der Waals surface area contributed by atoms with E-state index in [2.05, 4.69) is 19.9 Å². The molecular weight excluding hydrogens is 376 g/mol. The molecule has 0 spiro atoms. The third kappa shape index (κ3) is 5.26. The summed E-state index contributed by atoms with van der Waals surface area (Å²) in [4.78, 5) is 0. The Morgan fingerprint density at radius 2 is 1.37 bits per heavy atom. The van der Waals surface area contributed by atoms with Crippen LogP contribution < -0.4 is 18.9 Å². The smallest absolute Gasteiger partial charge is 0.204 e. The topological polar surface area (TPSA) is 36.9 Å². The van der Waals surface area contributed by atoms with Gasteiger partial charge in [0.25, 0.3) is 0 Å². The van der Waals surface area contributed by atoms with Gasteiger partial charge in [-0.2, -0.15) is 0 Å². The minimum Gasteiger partial charge on any atom is -0.493 e. The fraction of sp³-hybridized carbons (Fsp3) is 0.308. The molecule has 0 fully saturated rings. The molecule has 0 bridgehead atoms. The van der Waals surface area contributed by atoms with Crippen LogP contribution in [-0.4, -0.2) is 14.2 Å². The van der Waals surface area contributed by atoms with Crippen LogP contribution in [0.2, 0.25) is 0 Å². The molecule has 0 saturated carbocycles. The van der Waals surface area contributed by atoms with E-state index >= 15 is 0 Å². The molecule has 3 rings (SSSR count). The second kappa shape index (κ2) is 10.6. The van der Waals surface area contributed by atoms with Gasteiger partial charge in [-0.15, -0.1) is 0 Å². The molecule has 0 aliphatic rings. The Kier molecular flexibility index (Phi) is 7.61. The SMILES string of the molecule is CCCc1ccc(Oc2cc(CC)cc(OC)c2OCc2ccccc2)c(OC)c1. The maximum atomic E-state index is 6.31. The second-order valence-electron chi connectivity index (χ2n) is 7.09. The molecule has 3 aromatic rings. The number of ether oxygens (including phenoxy) is 4. The van der Waals surface area contributed by atoms with Crippen molar-refractivity contribution in [1.82, 2.24) is 0 Å². The minimum absolute atomic E-state index is 0.422. The van der Waals surface area contributed by atoms with E-state index < -0.39 is 0 Å². The highest BCUT2D eigenvalue weighted by molar-refractivity contribution is 5.56. The quantitative estimate of drug-likeness (QED) is 0.381. The van der Waals surface area contributed by atoms with Crippen LogP contribution in [0.15, 0.2) is 60.7 Å². The zero-order valence-corrected chi connectivity index (χ0v) is 18.2. The van der Waals surface area contributed by atoms with Gasteiger partial charge in [-0.1, -0.05) is 56.7 Å². The summed E-state index contributed by atoms with van der Waals surface area (Å²) in [5, 5.41) is 0. The van der Waals surface area contributed by atoms with Crippen molar-refractivity contribution in [2.75, 3.05) is 14.2 Å². The van der Waals surface area contributed by atoms with Gasteiger partial charge in [0.05, 0.1) is 14.2 Å². The Labute approximate surface area is 179 Å². The monoisotopic (exact) mass is 406 g/mol. The van der Waals surface area contributed by atoms with Gasteiger partial charge in [-0.3, -0.25) is 0 Å². The van der Waals surface area contributed by atoms with Gasteiger partial charge in [-0.05, 0) is 53.8 Å². The lowest BCUT2D eigenvalue weighted by molar-refractivity contribution is 0.269. The van der Waals surface area contributed by atoms with Crippen LogP contribution in [0.3, 0.4) is 0 Å². The van der Waals surface area contributed by atoms with Gasteiger partial charge in [0.1, 0.15) is 6.61 Å². The van der Waals surface area contributed by atoms with E-state index in [9.17, 15) is 0 Å². The van der Waals surface area contributed by atoms with Crippen LogP contribution in [0.4, 0.5) is 0 Å². The molecule has 0 aliphatic carbocycles. The molecule has 0 radical (unpaired) electrons. The lowest BCUT2D eigenvalue weighted by Gasteiger charge is -2.18. The summed E-state index contributed by atoms with van der Waals surface area (Å²) >= 11 is 0. The van der Waals surface area contributed by atoms with Crippen LogP contribution in [0.5, 0.6) is 28.7 Å². The van der Waals surface area contributed by atoms with Crippen LogP contribution in [0.25, 0.3) is 0 Å². The first-order chi connectivity index (χ1) is 14.7. The average molecular weight is 407 g/mol.